The fourth-order valence-electron chi connectivity index (χ4n) is 5.18. The molecule has 0 radical (unpaired) electrons. The first-order valence-electron chi connectivity index (χ1n) is 12.8. The van der Waals surface area contributed by atoms with Crippen LogP contribution in [0.2, 0.25) is 9.36 Å². The Labute approximate surface area is 242 Å². The third-order valence-corrected chi connectivity index (χ3v) is 8.78. The number of hydrogen-bond acceptors (Lipinski definition) is 4. The summed E-state index contributed by atoms with van der Waals surface area (Å²) >= 11 is 14.0. The van der Waals surface area contributed by atoms with E-state index in [0.717, 1.165) is 59.5 Å². The third-order valence-electron chi connectivity index (χ3n) is 7.30. The van der Waals surface area contributed by atoms with Crippen LogP contribution in [0.15, 0.2) is 54.7 Å². The van der Waals surface area contributed by atoms with Gasteiger partial charge in [-0.3, -0.25) is 9.78 Å². The molecule has 206 valence electrons. The zero-order valence-electron chi connectivity index (χ0n) is 21.1. The molecule has 40 heavy (non-hydrogen) atoms. The minimum atomic E-state index is -4.54. The van der Waals surface area contributed by atoms with Crippen molar-refractivity contribution in [3.63, 3.8) is 0 Å². The van der Waals surface area contributed by atoms with Crippen molar-refractivity contribution < 1.29 is 18.0 Å². The second-order valence-electron chi connectivity index (χ2n) is 10.0. The Hall–Kier alpha value is -3.14. The van der Waals surface area contributed by atoms with Gasteiger partial charge in [0.15, 0.2) is 5.69 Å². The standard InChI is InChI=1S/C29H23Cl2F3N4OS/c30-21-16-18(29(32,33)34)8-10-22(21)38-26-17(15-19-9-11-24(31)40-19)5-1-2-6-20(26)25(37-38)27(39)36-28(12-13-28)23-7-3-4-14-35-23/h3-4,7-11,14-16H,1-2,5-6,12-13H2,(H,36,39)/b17-15+. The Morgan fingerprint density at radius 1 is 1.07 bits per heavy atom. The van der Waals surface area contributed by atoms with Crippen LogP contribution in [0.25, 0.3) is 17.3 Å². The fourth-order valence-corrected chi connectivity index (χ4v) is 6.46. The molecule has 3 heterocycles. The van der Waals surface area contributed by atoms with Gasteiger partial charge in [-0.15, -0.1) is 11.3 Å². The van der Waals surface area contributed by atoms with Gasteiger partial charge >= 0.3 is 6.18 Å². The van der Waals surface area contributed by atoms with Crippen molar-refractivity contribution in [2.75, 3.05) is 0 Å². The molecule has 3 aromatic heterocycles. The van der Waals surface area contributed by atoms with E-state index in [-0.39, 0.29) is 22.3 Å². The van der Waals surface area contributed by atoms with Crippen molar-refractivity contribution in [2.24, 2.45) is 0 Å². The fraction of sp³-hybridized carbons (Fsp3) is 0.276. The highest BCUT2D eigenvalue weighted by atomic mass is 35.5. The predicted octanol–water partition coefficient (Wildman–Crippen LogP) is 8.34. The van der Waals surface area contributed by atoms with Crippen molar-refractivity contribution in [1.82, 2.24) is 20.1 Å². The lowest BCUT2D eigenvalue weighted by Gasteiger charge is -2.16. The summed E-state index contributed by atoms with van der Waals surface area (Å²) in [5, 5.41) is 7.76. The van der Waals surface area contributed by atoms with E-state index >= 15 is 0 Å². The molecule has 4 aromatic rings. The van der Waals surface area contributed by atoms with Gasteiger partial charge in [0.25, 0.3) is 5.91 Å². The maximum Gasteiger partial charge on any atom is 0.416 e. The molecule has 2 aliphatic rings. The SMILES string of the molecule is O=C(NC1(c2ccccn2)CC1)c1nn(-c2ccc(C(F)(F)F)cc2Cl)c2c1CCCC/C2=C\c1ccc(Cl)s1. The van der Waals surface area contributed by atoms with E-state index in [1.54, 1.807) is 6.20 Å². The number of aromatic nitrogens is 3. The molecule has 1 aromatic carbocycles. The van der Waals surface area contributed by atoms with E-state index in [1.165, 1.54) is 22.1 Å². The van der Waals surface area contributed by atoms with Crippen molar-refractivity contribution in [1.29, 1.82) is 0 Å². The summed E-state index contributed by atoms with van der Waals surface area (Å²) in [6.07, 6.45) is 3.68. The molecule has 5 nitrogen and oxygen atoms in total. The first-order chi connectivity index (χ1) is 19.1. The van der Waals surface area contributed by atoms with Gasteiger partial charge in [-0.1, -0.05) is 29.3 Å². The van der Waals surface area contributed by atoms with Gasteiger partial charge in [-0.2, -0.15) is 18.3 Å². The highest BCUT2D eigenvalue weighted by molar-refractivity contribution is 7.17. The molecule has 0 saturated heterocycles. The zero-order chi connectivity index (χ0) is 28.1. The molecule has 0 spiro atoms. The quantitative estimate of drug-likeness (QED) is 0.233. The van der Waals surface area contributed by atoms with Crippen molar-refractivity contribution in [2.45, 2.75) is 50.2 Å². The summed E-state index contributed by atoms with van der Waals surface area (Å²) in [5.41, 5.74) is 2.23. The van der Waals surface area contributed by atoms with Crippen LogP contribution in [0.4, 0.5) is 13.2 Å². The number of rotatable bonds is 5. The Kier molecular flexibility index (Phi) is 7.01. The second kappa shape index (κ2) is 10.4. The number of nitrogens with one attached hydrogen (secondary N) is 1. The number of benzene rings is 1. The number of hydrogen-bond donors (Lipinski definition) is 1. The molecule has 2 aliphatic carbocycles. The molecule has 0 unspecified atom stereocenters. The molecular weight excluding hydrogens is 580 g/mol. The van der Waals surface area contributed by atoms with E-state index in [2.05, 4.69) is 10.3 Å². The van der Waals surface area contributed by atoms with Gasteiger partial charge in [-0.05, 0) is 92.6 Å². The molecule has 0 aliphatic heterocycles. The van der Waals surface area contributed by atoms with Crippen LogP contribution in [0.5, 0.6) is 0 Å². The summed E-state index contributed by atoms with van der Waals surface area (Å²) in [7, 11) is 0. The van der Waals surface area contributed by atoms with Crippen LogP contribution in [-0.4, -0.2) is 20.7 Å². The number of fused-ring (bicyclic) bond motifs is 1. The van der Waals surface area contributed by atoms with Gasteiger partial charge in [0.1, 0.15) is 0 Å². The van der Waals surface area contributed by atoms with E-state index in [1.807, 2.05) is 36.4 Å². The minimum absolute atomic E-state index is 0.109. The van der Waals surface area contributed by atoms with Gasteiger partial charge in [0.2, 0.25) is 0 Å². The van der Waals surface area contributed by atoms with Crippen LogP contribution in [0.1, 0.15) is 70.0 Å². The largest absolute Gasteiger partial charge is 0.416 e. The Morgan fingerprint density at radius 2 is 1.88 bits per heavy atom. The number of amides is 1. The lowest BCUT2D eigenvalue weighted by molar-refractivity contribution is -0.137. The van der Waals surface area contributed by atoms with E-state index < -0.39 is 17.3 Å². The van der Waals surface area contributed by atoms with E-state index in [9.17, 15) is 18.0 Å². The monoisotopic (exact) mass is 602 g/mol. The summed E-state index contributed by atoms with van der Waals surface area (Å²) < 4.78 is 42.3. The van der Waals surface area contributed by atoms with E-state index in [0.29, 0.717) is 22.9 Å². The summed E-state index contributed by atoms with van der Waals surface area (Å²) in [5.74, 6) is -0.346. The number of carbonyl (C=O) groups excluding carboxylic acids is 1. The topological polar surface area (TPSA) is 59.8 Å². The zero-order valence-corrected chi connectivity index (χ0v) is 23.4. The first-order valence-corrected chi connectivity index (χ1v) is 14.4. The molecular formula is C29H23Cl2F3N4OS. The van der Waals surface area contributed by atoms with Crippen molar-refractivity contribution in [3.8, 4) is 5.69 Å². The third kappa shape index (κ3) is 5.18. The molecule has 1 amide bonds. The maximum absolute atomic E-state index is 13.8. The van der Waals surface area contributed by atoms with Gasteiger partial charge in [-0.25, -0.2) is 4.68 Å². The number of nitrogens with zero attached hydrogens (tertiary/aromatic N) is 3. The molecule has 1 N–H and O–H groups in total. The van der Waals surface area contributed by atoms with Crippen LogP contribution in [-0.2, 0) is 18.1 Å². The first kappa shape index (κ1) is 27.1. The lowest BCUT2D eigenvalue weighted by atomic mass is 10.0. The Morgan fingerprint density at radius 3 is 2.52 bits per heavy atom. The average molecular weight is 603 g/mol. The summed E-state index contributed by atoms with van der Waals surface area (Å²) in [4.78, 5) is 19.2. The molecule has 1 saturated carbocycles. The molecule has 11 heteroatoms. The number of halogens is 5. The number of alkyl halides is 3. The number of allylic oxidation sites excluding steroid dienone is 1. The molecule has 1 fully saturated rings. The summed E-state index contributed by atoms with van der Waals surface area (Å²) in [6, 6.07) is 12.5. The molecule has 0 bridgehead atoms. The van der Waals surface area contributed by atoms with Crippen molar-refractivity contribution in [3.05, 3.63) is 97.2 Å². The lowest BCUT2D eigenvalue weighted by Crippen LogP contribution is -2.36. The van der Waals surface area contributed by atoms with Crippen LogP contribution >= 0.6 is 34.5 Å². The van der Waals surface area contributed by atoms with Gasteiger partial charge in [0.05, 0.1) is 37.5 Å². The average Bonchev–Trinajstić information content (AvgIpc) is 3.51. The number of pyridine rings is 1. The van der Waals surface area contributed by atoms with E-state index in [4.69, 9.17) is 28.3 Å². The smallest absolute Gasteiger partial charge is 0.340 e. The van der Waals surface area contributed by atoms with Gasteiger partial charge in [0, 0.05) is 16.6 Å². The highest BCUT2D eigenvalue weighted by Crippen LogP contribution is 2.45. The Bertz CT molecular complexity index is 1620. The van der Waals surface area contributed by atoms with Crippen molar-refractivity contribution >= 4 is 52.1 Å². The van der Waals surface area contributed by atoms with Crippen LogP contribution in [0.3, 0.4) is 0 Å². The van der Waals surface area contributed by atoms with Gasteiger partial charge < -0.3 is 5.32 Å². The Balaban J connectivity index is 1.49. The molecule has 6 rings (SSSR count). The normalized spacial score (nSPS) is 17.4. The summed E-state index contributed by atoms with van der Waals surface area (Å²) in [6.45, 7) is 0. The van der Waals surface area contributed by atoms with Crippen LogP contribution in [0, 0.1) is 0 Å². The number of carbonyl (C=O) groups is 1. The molecule has 0 atom stereocenters. The highest BCUT2D eigenvalue weighted by Gasteiger charge is 2.47. The van der Waals surface area contributed by atoms with Crippen LogP contribution < -0.4 is 5.32 Å². The maximum atomic E-state index is 13.8. The minimum Gasteiger partial charge on any atom is -0.340 e. The second-order valence-corrected chi connectivity index (χ2v) is 12.2. The predicted molar refractivity (Wildman–Crippen MR) is 151 cm³/mol. The number of thiophene rings is 1.